The Morgan fingerprint density at radius 2 is 1.72 bits per heavy atom. The molecular formula is C29H39N5O9. The summed E-state index contributed by atoms with van der Waals surface area (Å²) in [6, 6.07) is 0.136. The van der Waals surface area contributed by atoms with E-state index in [0.717, 1.165) is 0 Å². The lowest BCUT2D eigenvalue weighted by molar-refractivity contribution is -0.155. The Bertz CT molecular complexity index is 1490. The van der Waals surface area contributed by atoms with Gasteiger partial charge in [0.15, 0.2) is 17.1 Å². The number of hydrogen-bond acceptors (Lipinski definition) is 12. The first kappa shape index (κ1) is 31.9. The molecule has 3 aliphatic carbocycles. The largest absolute Gasteiger partial charge is 0.508 e. The molecule has 5 atom stereocenters. The van der Waals surface area contributed by atoms with Gasteiger partial charge in [0, 0.05) is 48.3 Å². The first-order valence-electron chi connectivity index (χ1n) is 13.7. The number of benzene rings is 1. The van der Waals surface area contributed by atoms with Gasteiger partial charge in [0.25, 0.3) is 5.91 Å². The predicted molar refractivity (Wildman–Crippen MR) is 156 cm³/mol. The van der Waals surface area contributed by atoms with E-state index in [1.807, 2.05) is 20.8 Å². The molecule has 0 aromatic heterocycles. The van der Waals surface area contributed by atoms with Crippen molar-refractivity contribution in [1.29, 1.82) is 0 Å². The lowest BCUT2D eigenvalue weighted by atomic mass is 9.57. The lowest BCUT2D eigenvalue weighted by Crippen LogP contribution is -2.66. The van der Waals surface area contributed by atoms with Crippen molar-refractivity contribution < 1.29 is 44.7 Å². The minimum atomic E-state index is -2.85. The summed E-state index contributed by atoms with van der Waals surface area (Å²) in [5.41, 5.74) is 0.559. The van der Waals surface area contributed by atoms with Gasteiger partial charge >= 0.3 is 0 Å². The van der Waals surface area contributed by atoms with E-state index in [9.17, 15) is 44.7 Å². The molecule has 9 N–H and O–H groups in total. The lowest BCUT2D eigenvalue weighted by Gasteiger charge is -2.51. The van der Waals surface area contributed by atoms with Gasteiger partial charge in [-0.1, -0.05) is 0 Å². The van der Waals surface area contributed by atoms with Crippen LogP contribution >= 0.6 is 0 Å². The second-order valence-electron chi connectivity index (χ2n) is 12.7. The number of fused-ring (bicyclic) bond motifs is 3. The summed E-state index contributed by atoms with van der Waals surface area (Å²) in [7, 11) is 6.25. The highest BCUT2D eigenvalue weighted by atomic mass is 16.3. The quantitative estimate of drug-likeness (QED) is 0.157. The molecule has 1 fully saturated rings. The van der Waals surface area contributed by atoms with Crippen molar-refractivity contribution >= 4 is 40.5 Å². The zero-order chi connectivity index (χ0) is 32.5. The molecule has 4 rings (SSSR count). The Hall–Kier alpha value is -3.98. The van der Waals surface area contributed by atoms with E-state index in [0.29, 0.717) is 5.69 Å². The first-order chi connectivity index (χ1) is 19.7. The van der Waals surface area contributed by atoms with E-state index in [1.54, 1.807) is 19.0 Å². The standard InChI is InChI=1S/C29H39N5O9/c1-28(2,3)31-10-15(35)32-13-9-14(33(4)5)17-18(22(13)37)23(38)16-11(21(17)36)8-12-20(34(6)7)24(39)19(27(30)42)26(41)29(12,43)25(16)40/h9,11-12,20-21,31,36-38,41,43H,8,10H2,1-7H3,(H2,30,42)(H,32,35)/t11?,12?,20-,21?,29?/m0/s1. The number of hydrogen-bond donors (Lipinski definition) is 8. The van der Waals surface area contributed by atoms with Crippen LogP contribution in [0.1, 0.15) is 44.4 Å². The molecule has 14 heteroatoms. The number of Topliss-reactive ketones (excluding diaryl/α,β-unsaturated/α-hetero) is 2. The zero-order valence-corrected chi connectivity index (χ0v) is 25.1. The van der Waals surface area contributed by atoms with Gasteiger partial charge in [0.05, 0.1) is 29.9 Å². The highest BCUT2D eigenvalue weighted by Crippen LogP contribution is 2.57. The molecule has 2 amide bonds. The van der Waals surface area contributed by atoms with Gasteiger partial charge in [-0.15, -0.1) is 0 Å². The van der Waals surface area contributed by atoms with Crippen molar-refractivity contribution in [2.45, 2.75) is 50.5 Å². The third kappa shape index (κ3) is 4.93. The second-order valence-corrected chi connectivity index (χ2v) is 12.7. The summed E-state index contributed by atoms with van der Waals surface area (Å²) in [5.74, 6) is -9.21. The number of aliphatic hydroxyl groups excluding tert-OH is 3. The van der Waals surface area contributed by atoms with Crippen molar-refractivity contribution in [2.24, 2.45) is 17.6 Å². The number of phenols is 1. The Balaban J connectivity index is 1.94. The molecule has 0 spiro atoms. The first-order valence-corrected chi connectivity index (χ1v) is 13.7. The third-order valence-electron chi connectivity index (χ3n) is 8.33. The molecule has 4 unspecified atom stereocenters. The maximum Gasteiger partial charge on any atom is 0.255 e. The molecule has 0 aliphatic heterocycles. The molecular weight excluding hydrogens is 562 g/mol. The number of likely N-dealkylation sites (N-methyl/N-ethyl adjacent to an activating group) is 1. The van der Waals surface area contributed by atoms with E-state index in [1.165, 1.54) is 25.1 Å². The van der Waals surface area contributed by atoms with Gasteiger partial charge in [-0.3, -0.25) is 24.1 Å². The van der Waals surface area contributed by atoms with E-state index in [2.05, 4.69) is 10.6 Å². The highest BCUT2D eigenvalue weighted by Gasteiger charge is 2.65. The molecule has 0 saturated heterocycles. The Morgan fingerprint density at radius 3 is 2.23 bits per heavy atom. The van der Waals surface area contributed by atoms with Gasteiger partial charge < -0.3 is 46.8 Å². The summed E-state index contributed by atoms with van der Waals surface area (Å²) in [4.78, 5) is 55.2. The average Bonchev–Trinajstić information content (AvgIpc) is 2.87. The van der Waals surface area contributed by atoms with Crippen molar-refractivity contribution in [3.8, 4) is 5.75 Å². The minimum Gasteiger partial charge on any atom is -0.508 e. The van der Waals surface area contributed by atoms with Crippen molar-refractivity contribution in [2.75, 3.05) is 45.0 Å². The summed E-state index contributed by atoms with van der Waals surface area (Å²) >= 11 is 0. The average molecular weight is 602 g/mol. The number of carbonyl (C=O) groups is 4. The van der Waals surface area contributed by atoms with Crippen LogP contribution in [0.15, 0.2) is 23.0 Å². The van der Waals surface area contributed by atoms with E-state index in [-0.39, 0.29) is 35.3 Å². The number of rotatable bonds is 6. The van der Waals surface area contributed by atoms with Gasteiger partial charge in [-0.25, -0.2) is 0 Å². The number of aromatic hydroxyl groups is 1. The monoisotopic (exact) mass is 601 g/mol. The van der Waals surface area contributed by atoms with Crippen LogP contribution in [0, 0.1) is 11.8 Å². The smallest absolute Gasteiger partial charge is 0.255 e. The normalized spacial score (nSPS) is 27.1. The van der Waals surface area contributed by atoms with Crippen LogP contribution in [0.25, 0.3) is 5.76 Å². The number of nitrogens with two attached hydrogens (primary N) is 1. The minimum absolute atomic E-state index is 0.0546. The fraction of sp³-hybridized carbons (Fsp3) is 0.517. The van der Waals surface area contributed by atoms with Crippen molar-refractivity contribution in [1.82, 2.24) is 10.2 Å². The van der Waals surface area contributed by atoms with Crippen LogP contribution in [0.3, 0.4) is 0 Å². The van der Waals surface area contributed by atoms with Gasteiger partial charge in [0.2, 0.25) is 11.7 Å². The van der Waals surface area contributed by atoms with E-state index in [4.69, 9.17) is 5.73 Å². The molecule has 0 radical (unpaired) electrons. The Labute approximate surface area is 248 Å². The number of ketones is 2. The van der Waals surface area contributed by atoms with Crippen LogP contribution in [-0.2, 0) is 19.2 Å². The number of phenolic OH excluding ortho intramolecular Hbond substituents is 1. The molecule has 234 valence electrons. The van der Waals surface area contributed by atoms with E-state index >= 15 is 0 Å². The molecule has 43 heavy (non-hydrogen) atoms. The second kappa shape index (κ2) is 10.6. The molecule has 1 aromatic rings. The summed E-state index contributed by atoms with van der Waals surface area (Å²) in [6.45, 7) is 5.49. The fourth-order valence-electron chi connectivity index (χ4n) is 6.34. The van der Waals surface area contributed by atoms with Gasteiger partial charge in [-0.2, -0.15) is 0 Å². The summed E-state index contributed by atoms with van der Waals surface area (Å²) in [6.07, 6.45) is -1.82. The fourth-order valence-corrected chi connectivity index (χ4v) is 6.34. The van der Waals surface area contributed by atoms with Crippen LogP contribution in [-0.4, -0.2) is 106 Å². The zero-order valence-electron chi connectivity index (χ0n) is 25.1. The number of aliphatic hydroxyl groups is 4. The number of nitrogens with zero attached hydrogens (tertiary/aromatic N) is 2. The van der Waals surface area contributed by atoms with Crippen LogP contribution in [0.2, 0.25) is 0 Å². The Kier molecular flexibility index (Phi) is 7.90. The van der Waals surface area contributed by atoms with Crippen molar-refractivity contribution in [3.05, 3.63) is 34.1 Å². The summed E-state index contributed by atoms with van der Waals surface area (Å²) in [5, 5.41) is 62.9. The number of amides is 2. The SMILES string of the molecule is CN(C)c1cc(NC(=O)CNC(C)(C)C)c(O)c2c1C(O)C1CC3[C@H](N(C)C)C(=O)C(C(N)=O)=C(O)C3(O)C(=O)C1=C2O. The van der Waals surface area contributed by atoms with Crippen LogP contribution in [0.4, 0.5) is 11.4 Å². The molecule has 1 saturated carbocycles. The summed E-state index contributed by atoms with van der Waals surface area (Å²) < 4.78 is 0. The van der Waals surface area contributed by atoms with Crippen LogP contribution in [0.5, 0.6) is 5.75 Å². The number of primary amides is 1. The third-order valence-corrected chi connectivity index (χ3v) is 8.33. The van der Waals surface area contributed by atoms with Crippen LogP contribution < -0.4 is 21.3 Å². The highest BCUT2D eigenvalue weighted by molar-refractivity contribution is 6.24. The van der Waals surface area contributed by atoms with Crippen molar-refractivity contribution in [3.63, 3.8) is 0 Å². The Morgan fingerprint density at radius 1 is 1.12 bits per heavy atom. The number of anilines is 2. The maximum absolute atomic E-state index is 14.1. The maximum atomic E-state index is 14.1. The predicted octanol–water partition coefficient (Wildman–Crippen LogP) is -0.152. The topological polar surface area (TPSA) is 226 Å². The molecule has 0 heterocycles. The molecule has 3 aliphatic rings. The van der Waals surface area contributed by atoms with Gasteiger partial charge in [-0.05, 0) is 47.4 Å². The van der Waals surface area contributed by atoms with E-state index < -0.39 is 81.4 Å². The molecule has 0 bridgehead atoms. The van der Waals surface area contributed by atoms with Gasteiger partial charge in [0.1, 0.15) is 17.1 Å². The molecule has 14 nitrogen and oxygen atoms in total. The number of carbonyl (C=O) groups excluding carboxylic acids is 4. The molecule has 1 aromatic carbocycles. The number of nitrogens with one attached hydrogen (secondary N) is 2.